The van der Waals surface area contributed by atoms with Crippen LogP contribution in [0.5, 0.6) is 0 Å². The Morgan fingerprint density at radius 2 is 2.00 bits per heavy atom. The molecule has 0 aliphatic carbocycles. The average Bonchev–Trinajstić information content (AvgIpc) is 3.19. The third-order valence-electron chi connectivity index (χ3n) is 4.14. The SMILES string of the molecule is CCn1c(Cc2conc2-c2cccc(F)c2)nc2ccccc21. The van der Waals surface area contributed by atoms with Crippen molar-refractivity contribution in [3.63, 3.8) is 0 Å². The van der Waals surface area contributed by atoms with E-state index in [-0.39, 0.29) is 5.82 Å². The number of imidazole rings is 1. The number of hydrogen-bond donors (Lipinski definition) is 0. The molecular formula is C19H16FN3O. The molecule has 2 heterocycles. The first kappa shape index (κ1) is 14.6. The van der Waals surface area contributed by atoms with Crippen LogP contribution in [0.3, 0.4) is 0 Å². The molecular weight excluding hydrogens is 305 g/mol. The maximum absolute atomic E-state index is 13.5. The zero-order valence-electron chi connectivity index (χ0n) is 13.2. The number of fused-ring (bicyclic) bond motifs is 1. The van der Waals surface area contributed by atoms with Gasteiger partial charge in [-0.15, -0.1) is 0 Å². The standard InChI is InChI=1S/C19H16FN3O/c1-2-23-17-9-4-3-8-16(17)21-18(23)11-14-12-24-22-19(14)13-6-5-7-15(20)10-13/h3-10,12H,2,11H2,1H3. The van der Waals surface area contributed by atoms with Crippen molar-refractivity contribution in [3.8, 4) is 11.3 Å². The van der Waals surface area contributed by atoms with E-state index in [1.807, 2.05) is 24.3 Å². The molecule has 0 fully saturated rings. The lowest BCUT2D eigenvalue weighted by Crippen LogP contribution is -2.03. The fraction of sp³-hybridized carbons (Fsp3) is 0.158. The van der Waals surface area contributed by atoms with Crippen LogP contribution in [0, 0.1) is 5.82 Å². The molecule has 4 nitrogen and oxygen atoms in total. The molecule has 24 heavy (non-hydrogen) atoms. The van der Waals surface area contributed by atoms with E-state index in [1.165, 1.54) is 12.1 Å². The van der Waals surface area contributed by atoms with Crippen molar-refractivity contribution >= 4 is 11.0 Å². The van der Waals surface area contributed by atoms with Crippen molar-refractivity contribution in [3.05, 3.63) is 72.0 Å². The molecule has 0 aliphatic rings. The fourth-order valence-corrected chi connectivity index (χ4v) is 3.04. The first-order valence-electron chi connectivity index (χ1n) is 7.89. The number of nitrogens with zero attached hydrogens (tertiary/aromatic N) is 3. The summed E-state index contributed by atoms with van der Waals surface area (Å²) in [5, 5.41) is 4.05. The minimum atomic E-state index is -0.290. The Balaban J connectivity index is 1.76. The van der Waals surface area contributed by atoms with Crippen molar-refractivity contribution in [2.24, 2.45) is 0 Å². The topological polar surface area (TPSA) is 43.9 Å². The minimum absolute atomic E-state index is 0.290. The second kappa shape index (κ2) is 5.92. The number of rotatable bonds is 4. The number of aromatic nitrogens is 3. The van der Waals surface area contributed by atoms with Crippen molar-refractivity contribution < 1.29 is 8.91 Å². The van der Waals surface area contributed by atoms with Crippen LogP contribution in [0.15, 0.2) is 59.3 Å². The number of aryl methyl sites for hydroxylation is 1. The molecule has 0 bridgehead atoms. The van der Waals surface area contributed by atoms with E-state index in [1.54, 1.807) is 12.3 Å². The molecule has 4 rings (SSSR count). The Kier molecular flexibility index (Phi) is 3.61. The van der Waals surface area contributed by atoms with E-state index in [9.17, 15) is 4.39 Å². The molecule has 0 saturated carbocycles. The van der Waals surface area contributed by atoms with E-state index < -0.39 is 0 Å². The molecule has 120 valence electrons. The normalized spacial score (nSPS) is 11.2. The van der Waals surface area contributed by atoms with E-state index in [0.717, 1.165) is 29.0 Å². The van der Waals surface area contributed by atoms with Gasteiger partial charge in [-0.2, -0.15) is 0 Å². The summed E-state index contributed by atoms with van der Waals surface area (Å²) < 4.78 is 20.8. The van der Waals surface area contributed by atoms with E-state index >= 15 is 0 Å². The fourth-order valence-electron chi connectivity index (χ4n) is 3.04. The summed E-state index contributed by atoms with van der Waals surface area (Å²) in [6.45, 7) is 2.93. The molecule has 0 saturated heterocycles. The average molecular weight is 321 g/mol. The van der Waals surface area contributed by atoms with Crippen molar-refractivity contribution in [2.45, 2.75) is 19.9 Å². The first-order valence-corrected chi connectivity index (χ1v) is 7.89. The number of para-hydroxylation sites is 2. The third kappa shape index (κ3) is 2.48. The largest absolute Gasteiger partial charge is 0.364 e. The van der Waals surface area contributed by atoms with Gasteiger partial charge in [0.1, 0.15) is 23.6 Å². The van der Waals surface area contributed by atoms with Gasteiger partial charge >= 0.3 is 0 Å². The molecule has 5 heteroatoms. The molecule has 0 aliphatic heterocycles. The summed E-state index contributed by atoms with van der Waals surface area (Å²) in [7, 11) is 0. The molecule has 2 aromatic heterocycles. The Labute approximate surface area is 138 Å². The minimum Gasteiger partial charge on any atom is -0.364 e. The molecule has 0 radical (unpaired) electrons. The molecule has 0 atom stereocenters. The summed E-state index contributed by atoms with van der Waals surface area (Å²) >= 11 is 0. The maximum atomic E-state index is 13.5. The van der Waals surface area contributed by atoms with Crippen LogP contribution < -0.4 is 0 Å². The van der Waals surface area contributed by atoms with Gasteiger partial charge in [-0.1, -0.05) is 29.4 Å². The van der Waals surface area contributed by atoms with Gasteiger partial charge in [-0.3, -0.25) is 0 Å². The highest BCUT2D eigenvalue weighted by Crippen LogP contribution is 2.26. The molecule has 0 amide bonds. The second-order valence-corrected chi connectivity index (χ2v) is 5.64. The Morgan fingerprint density at radius 3 is 2.83 bits per heavy atom. The summed E-state index contributed by atoms with van der Waals surface area (Å²) in [5.41, 5.74) is 4.34. The zero-order chi connectivity index (χ0) is 16.5. The first-order chi connectivity index (χ1) is 11.8. The summed E-state index contributed by atoms with van der Waals surface area (Å²) in [5.74, 6) is 0.654. The zero-order valence-corrected chi connectivity index (χ0v) is 13.2. The van der Waals surface area contributed by atoms with Crippen LogP contribution in [0.1, 0.15) is 18.3 Å². The lowest BCUT2D eigenvalue weighted by molar-refractivity contribution is 0.421. The predicted octanol–water partition coefficient (Wildman–Crippen LogP) is 4.44. The van der Waals surface area contributed by atoms with Gasteiger partial charge < -0.3 is 9.09 Å². The highest BCUT2D eigenvalue weighted by molar-refractivity contribution is 5.76. The molecule has 0 spiro atoms. The van der Waals surface area contributed by atoms with E-state index in [4.69, 9.17) is 9.51 Å². The smallest absolute Gasteiger partial charge is 0.128 e. The molecule has 0 N–H and O–H groups in total. The van der Waals surface area contributed by atoms with Crippen LogP contribution in [-0.4, -0.2) is 14.7 Å². The van der Waals surface area contributed by atoms with Crippen LogP contribution in [0.2, 0.25) is 0 Å². The second-order valence-electron chi connectivity index (χ2n) is 5.64. The lowest BCUT2D eigenvalue weighted by Gasteiger charge is -2.06. The molecule has 0 unspecified atom stereocenters. The number of hydrogen-bond acceptors (Lipinski definition) is 3. The van der Waals surface area contributed by atoms with Crippen molar-refractivity contribution in [1.82, 2.24) is 14.7 Å². The summed E-state index contributed by atoms with van der Waals surface area (Å²) in [4.78, 5) is 4.73. The Bertz CT molecular complexity index is 1000. The molecule has 2 aromatic carbocycles. The molecule has 4 aromatic rings. The summed E-state index contributed by atoms with van der Waals surface area (Å²) in [6, 6.07) is 14.4. The van der Waals surface area contributed by atoms with Gasteiger partial charge in [0.2, 0.25) is 0 Å². The van der Waals surface area contributed by atoms with Crippen LogP contribution in [-0.2, 0) is 13.0 Å². The van der Waals surface area contributed by atoms with Crippen molar-refractivity contribution in [1.29, 1.82) is 0 Å². The van der Waals surface area contributed by atoms with Gasteiger partial charge in [-0.05, 0) is 31.2 Å². The van der Waals surface area contributed by atoms with E-state index in [2.05, 4.69) is 22.7 Å². The number of halogens is 1. The van der Waals surface area contributed by atoms with Gasteiger partial charge in [0, 0.05) is 24.1 Å². The van der Waals surface area contributed by atoms with Crippen molar-refractivity contribution in [2.75, 3.05) is 0 Å². The lowest BCUT2D eigenvalue weighted by atomic mass is 10.1. The van der Waals surface area contributed by atoms with Crippen LogP contribution >= 0.6 is 0 Å². The maximum Gasteiger partial charge on any atom is 0.128 e. The van der Waals surface area contributed by atoms with Crippen LogP contribution in [0.4, 0.5) is 4.39 Å². The Morgan fingerprint density at radius 1 is 1.12 bits per heavy atom. The number of benzene rings is 2. The Hall–Kier alpha value is -2.95. The van der Waals surface area contributed by atoms with Gasteiger partial charge in [0.05, 0.1) is 11.0 Å². The van der Waals surface area contributed by atoms with Gasteiger partial charge in [0.25, 0.3) is 0 Å². The monoisotopic (exact) mass is 321 g/mol. The quantitative estimate of drug-likeness (QED) is 0.558. The van der Waals surface area contributed by atoms with E-state index in [0.29, 0.717) is 17.7 Å². The van der Waals surface area contributed by atoms with Gasteiger partial charge in [0.15, 0.2) is 0 Å². The van der Waals surface area contributed by atoms with Crippen LogP contribution in [0.25, 0.3) is 22.3 Å². The third-order valence-corrected chi connectivity index (χ3v) is 4.14. The highest BCUT2D eigenvalue weighted by atomic mass is 19.1. The predicted molar refractivity (Wildman–Crippen MR) is 90.1 cm³/mol. The summed E-state index contributed by atoms with van der Waals surface area (Å²) in [6.07, 6.45) is 2.19. The highest BCUT2D eigenvalue weighted by Gasteiger charge is 2.16. The van der Waals surface area contributed by atoms with Gasteiger partial charge in [-0.25, -0.2) is 9.37 Å².